The first-order chi connectivity index (χ1) is 7.28. The van der Waals surface area contributed by atoms with Gasteiger partial charge in [0.25, 0.3) is 0 Å². The zero-order chi connectivity index (χ0) is 10.7. The van der Waals surface area contributed by atoms with E-state index in [1.165, 1.54) is 50.2 Å². The van der Waals surface area contributed by atoms with E-state index in [1.807, 2.05) is 0 Å². The number of rotatable bonds is 2. The van der Waals surface area contributed by atoms with Crippen molar-refractivity contribution in [1.29, 1.82) is 0 Å². The highest BCUT2D eigenvalue weighted by Crippen LogP contribution is 2.35. The van der Waals surface area contributed by atoms with Gasteiger partial charge < -0.3 is 5.73 Å². The van der Waals surface area contributed by atoms with Gasteiger partial charge in [-0.15, -0.1) is 0 Å². The Balaban J connectivity index is 2.08. The van der Waals surface area contributed by atoms with E-state index in [1.54, 1.807) is 0 Å². The molecule has 2 saturated heterocycles. The smallest absolute Gasteiger partial charge is 0.0350 e. The molecule has 0 amide bonds. The van der Waals surface area contributed by atoms with Gasteiger partial charge in [0.2, 0.25) is 0 Å². The number of hydrogen-bond acceptors (Lipinski definition) is 3. The van der Waals surface area contributed by atoms with Crippen molar-refractivity contribution in [1.82, 2.24) is 4.90 Å². The molecule has 2 aliphatic rings. The second-order valence-corrected chi connectivity index (χ2v) is 6.30. The summed E-state index contributed by atoms with van der Waals surface area (Å²) in [6.45, 7) is 4.53. The van der Waals surface area contributed by atoms with Crippen LogP contribution < -0.4 is 5.73 Å². The van der Waals surface area contributed by atoms with Gasteiger partial charge >= 0.3 is 0 Å². The van der Waals surface area contributed by atoms with Gasteiger partial charge in [0.05, 0.1) is 0 Å². The van der Waals surface area contributed by atoms with Crippen LogP contribution in [0.1, 0.15) is 39.0 Å². The van der Waals surface area contributed by atoms with Crippen LogP contribution in [-0.4, -0.2) is 41.1 Å². The van der Waals surface area contributed by atoms with Crippen molar-refractivity contribution >= 4 is 11.8 Å². The Labute approximate surface area is 98.0 Å². The first-order valence-corrected chi connectivity index (χ1v) is 7.48. The van der Waals surface area contributed by atoms with Crippen molar-refractivity contribution in [2.24, 2.45) is 5.73 Å². The number of piperidine rings is 1. The van der Waals surface area contributed by atoms with Crippen LogP contribution in [0.4, 0.5) is 0 Å². The van der Waals surface area contributed by atoms with E-state index in [-0.39, 0.29) is 0 Å². The summed E-state index contributed by atoms with van der Waals surface area (Å²) in [5.41, 5.74) is 6.43. The van der Waals surface area contributed by atoms with Gasteiger partial charge in [-0.25, -0.2) is 0 Å². The summed E-state index contributed by atoms with van der Waals surface area (Å²) in [4.78, 5) is 2.73. The van der Waals surface area contributed by atoms with E-state index in [0.29, 0.717) is 5.54 Å². The first kappa shape index (κ1) is 11.7. The zero-order valence-electron chi connectivity index (χ0n) is 9.87. The maximum Gasteiger partial charge on any atom is 0.0350 e. The van der Waals surface area contributed by atoms with Crippen LogP contribution in [0.15, 0.2) is 0 Å². The highest BCUT2D eigenvalue weighted by molar-refractivity contribution is 7.99. The van der Waals surface area contributed by atoms with Gasteiger partial charge in [-0.3, -0.25) is 4.90 Å². The van der Waals surface area contributed by atoms with Crippen LogP contribution in [0.3, 0.4) is 0 Å². The third kappa shape index (κ3) is 2.34. The van der Waals surface area contributed by atoms with Crippen LogP contribution in [0.25, 0.3) is 0 Å². The summed E-state index contributed by atoms with van der Waals surface area (Å²) >= 11 is 2.10. The highest BCUT2D eigenvalue weighted by atomic mass is 32.2. The Bertz CT molecular complexity index is 202. The van der Waals surface area contributed by atoms with Gasteiger partial charge in [0.15, 0.2) is 0 Å². The van der Waals surface area contributed by atoms with Crippen LogP contribution in [0, 0.1) is 0 Å². The Morgan fingerprint density at radius 2 is 2.07 bits per heavy atom. The zero-order valence-corrected chi connectivity index (χ0v) is 10.7. The Hall–Kier alpha value is 0.270. The standard InChI is InChI=1S/C12H24N2S/c1-11-4-2-3-7-14(11)12(10-13)5-8-15-9-6-12/h11H,2-10,13H2,1H3. The normalized spacial score (nSPS) is 32.8. The molecule has 0 aromatic carbocycles. The van der Waals surface area contributed by atoms with Crippen LogP contribution in [-0.2, 0) is 0 Å². The maximum atomic E-state index is 6.08. The molecule has 0 radical (unpaired) electrons. The summed E-state index contributed by atoms with van der Waals surface area (Å²) < 4.78 is 0. The van der Waals surface area contributed by atoms with E-state index < -0.39 is 0 Å². The Morgan fingerprint density at radius 3 is 2.67 bits per heavy atom. The summed E-state index contributed by atoms with van der Waals surface area (Å²) in [7, 11) is 0. The third-order valence-electron chi connectivity index (χ3n) is 4.22. The topological polar surface area (TPSA) is 29.3 Å². The molecule has 0 aliphatic carbocycles. The van der Waals surface area contributed by atoms with E-state index in [0.717, 1.165) is 12.6 Å². The van der Waals surface area contributed by atoms with E-state index in [2.05, 4.69) is 23.6 Å². The van der Waals surface area contributed by atoms with Gasteiger partial charge in [0, 0.05) is 18.1 Å². The highest BCUT2D eigenvalue weighted by Gasteiger charge is 2.39. The predicted molar refractivity (Wildman–Crippen MR) is 68.4 cm³/mol. The van der Waals surface area contributed by atoms with Gasteiger partial charge in [-0.2, -0.15) is 11.8 Å². The summed E-state index contributed by atoms with van der Waals surface area (Å²) in [5, 5.41) is 0. The lowest BCUT2D eigenvalue weighted by atomic mass is 9.86. The molecule has 1 atom stereocenters. The second kappa shape index (κ2) is 5.07. The van der Waals surface area contributed by atoms with Gasteiger partial charge in [-0.05, 0) is 50.7 Å². The minimum atomic E-state index is 0.352. The summed E-state index contributed by atoms with van der Waals surface area (Å²) in [6, 6.07) is 0.755. The van der Waals surface area contributed by atoms with Crippen LogP contribution in [0.5, 0.6) is 0 Å². The minimum Gasteiger partial charge on any atom is -0.329 e. The fraction of sp³-hybridized carbons (Fsp3) is 1.00. The van der Waals surface area contributed by atoms with Crippen molar-refractivity contribution in [3.05, 3.63) is 0 Å². The molecule has 0 bridgehead atoms. The molecule has 0 aromatic rings. The van der Waals surface area contributed by atoms with Crippen LogP contribution >= 0.6 is 11.8 Å². The molecular formula is C12H24N2S. The summed E-state index contributed by atoms with van der Waals surface area (Å²) in [5.74, 6) is 2.61. The monoisotopic (exact) mass is 228 g/mol. The molecule has 0 spiro atoms. The Kier molecular flexibility index (Phi) is 3.97. The molecule has 2 nitrogen and oxygen atoms in total. The molecule has 1 unspecified atom stereocenters. The molecule has 2 aliphatic heterocycles. The summed E-state index contributed by atoms with van der Waals surface area (Å²) in [6.07, 6.45) is 6.76. The number of nitrogens with two attached hydrogens (primary N) is 1. The van der Waals surface area contributed by atoms with E-state index >= 15 is 0 Å². The number of nitrogens with zero attached hydrogens (tertiary/aromatic N) is 1. The number of thioether (sulfide) groups is 1. The lowest BCUT2D eigenvalue weighted by Gasteiger charge is -2.50. The van der Waals surface area contributed by atoms with E-state index in [9.17, 15) is 0 Å². The number of hydrogen-bond donors (Lipinski definition) is 1. The average Bonchev–Trinajstić information content (AvgIpc) is 2.30. The quantitative estimate of drug-likeness (QED) is 0.785. The second-order valence-electron chi connectivity index (χ2n) is 5.08. The fourth-order valence-electron chi connectivity index (χ4n) is 3.16. The fourth-order valence-corrected chi connectivity index (χ4v) is 4.42. The molecule has 2 fully saturated rings. The minimum absolute atomic E-state index is 0.352. The molecule has 3 heteroatoms. The maximum absolute atomic E-state index is 6.08. The molecule has 2 heterocycles. The number of likely N-dealkylation sites (tertiary alicyclic amines) is 1. The molecule has 0 aromatic heterocycles. The lowest BCUT2D eigenvalue weighted by molar-refractivity contribution is 0.0233. The first-order valence-electron chi connectivity index (χ1n) is 6.33. The molecule has 15 heavy (non-hydrogen) atoms. The average molecular weight is 228 g/mol. The van der Waals surface area contributed by atoms with Gasteiger partial charge in [-0.1, -0.05) is 6.42 Å². The SMILES string of the molecule is CC1CCCCN1C1(CN)CCSCC1. The molecule has 0 saturated carbocycles. The van der Waals surface area contributed by atoms with Crippen molar-refractivity contribution in [3.63, 3.8) is 0 Å². The third-order valence-corrected chi connectivity index (χ3v) is 5.20. The van der Waals surface area contributed by atoms with Crippen molar-refractivity contribution in [2.75, 3.05) is 24.6 Å². The lowest BCUT2D eigenvalue weighted by Crippen LogP contribution is -2.60. The largest absolute Gasteiger partial charge is 0.329 e. The van der Waals surface area contributed by atoms with Crippen molar-refractivity contribution in [2.45, 2.75) is 50.6 Å². The van der Waals surface area contributed by atoms with Crippen molar-refractivity contribution < 1.29 is 0 Å². The molecular weight excluding hydrogens is 204 g/mol. The Morgan fingerprint density at radius 1 is 1.33 bits per heavy atom. The molecule has 2 N–H and O–H groups in total. The van der Waals surface area contributed by atoms with Crippen LogP contribution in [0.2, 0.25) is 0 Å². The predicted octanol–water partition coefficient (Wildman–Crippen LogP) is 2.09. The molecule has 2 rings (SSSR count). The van der Waals surface area contributed by atoms with Crippen molar-refractivity contribution in [3.8, 4) is 0 Å². The molecule has 88 valence electrons. The van der Waals surface area contributed by atoms with E-state index in [4.69, 9.17) is 5.73 Å². The van der Waals surface area contributed by atoms with Gasteiger partial charge in [0.1, 0.15) is 0 Å².